The minimum atomic E-state index is -1.02. The molecule has 14 nitrogen and oxygen atoms in total. The molecule has 3 rings (SSSR count). The smallest absolute Gasteiger partial charge is 0.271 e. The van der Waals surface area contributed by atoms with Gasteiger partial charge in [0.1, 0.15) is 11.7 Å². The fourth-order valence-electron chi connectivity index (χ4n) is 4.61. The number of halogens is 1. The zero-order chi connectivity index (χ0) is 29.1. The zero-order valence-electron chi connectivity index (χ0n) is 23.8. The molecule has 6 N–H and O–H groups in total. The summed E-state index contributed by atoms with van der Waals surface area (Å²) in [7, 11) is 3.71. The van der Waals surface area contributed by atoms with Gasteiger partial charge in [0, 0.05) is 64.1 Å². The van der Waals surface area contributed by atoms with Gasteiger partial charge in [-0.2, -0.15) is 0 Å². The van der Waals surface area contributed by atoms with E-state index in [1.807, 2.05) is 19.0 Å². The van der Waals surface area contributed by atoms with Gasteiger partial charge < -0.3 is 36.4 Å². The van der Waals surface area contributed by atoms with Crippen molar-refractivity contribution in [3.63, 3.8) is 0 Å². The third-order valence-electron chi connectivity index (χ3n) is 6.96. The van der Waals surface area contributed by atoms with E-state index in [1.54, 1.807) is 9.80 Å². The van der Waals surface area contributed by atoms with E-state index in [1.165, 1.54) is 18.6 Å². The molecule has 2 heterocycles. The summed E-state index contributed by atoms with van der Waals surface area (Å²) in [6.07, 6.45) is 7.71. The summed E-state index contributed by atoms with van der Waals surface area (Å²) in [6, 6.07) is -1.02. The predicted octanol–water partition coefficient (Wildman–Crippen LogP) is -0.833. The monoisotopic (exact) mass is 594 g/mol. The molecule has 0 aromatic carbocycles. The van der Waals surface area contributed by atoms with Crippen LogP contribution in [0, 0.1) is 11.3 Å². The molecule has 1 saturated heterocycles. The maximum atomic E-state index is 13.6. The average molecular weight is 595 g/mol. The fourth-order valence-corrected chi connectivity index (χ4v) is 4.61. The standard InChI is InChI=1S/C26H42N10O4.ClH/c1-34(2)12-7-22(37)33-20(14-23(38)32-15-18-4-3-11-35(17-18)26(27)28)25(40)36(19-5-6-19)13-10-31-24(39)21-16-29-8-9-30-21;/h8-9,16,18-20H,3-7,10-15,17H2,1-2H3,(H3,27,28)(H,31,39)(H,32,38)(H,33,37);1H/t18-,20-;/m0./s1. The number of carbonyl (C=O) groups excluding carboxylic acids is 4. The highest BCUT2D eigenvalue weighted by Crippen LogP contribution is 2.27. The first-order valence-electron chi connectivity index (χ1n) is 13.8. The van der Waals surface area contributed by atoms with Gasteiger partial charge in [-0.15, -0.1) is 12.4 Å². The van der Waals surface area contributed by atoms with Gasteiger partial charge in [-0.05, 0) is 45.7 Å². The van der Waals surface area contributed by atoms with Crippen LogP contribution in [-0.2, 0) is 14.4 Å². The lowest BCUT2D eigenvalue weighted by Gasteiger charge is -2.33. The number of piperidine rings is 1. The van der Waals surface area contributed by atoms with Crippen molar-refractivity contribution < 1.29 is 19.2 Å². The number of aromatic nitrogens is 2. The summed E-state index contributed by atoms with van der Waals surface area (Å²) in [6.45, 7) is 2.66. The number of carbonyl (C=O) groups is 4. The number of nitrogens with two attached hydrogens (primary N) is 1. The van der Waals surface area contributed by atoms with E-state index in [9.17, 15) is 19.2 Å². The molecule has 2 atom stereocenters. The van der Waals surface area contributed by atoms with Crippen molar-refractivity contribution in [2.24, 2.45) is 11.7 Å². The van der Waals surface area contributed by atoms with Gasteiger partial charge in [-0.3, -0.25) is 29.6 Å². The molecule has 0 spiro atoms. The number of rotatable bonds is 14. The fraction of sp³-hybridized carbons (Fsp3) is 0.654. The lowest BCUT2D eigenvalue weighted by Crippen LogP contribution is -2.53. The summed E-state index contributed by atoms with van der Waals surface area (Å²) >= 11 is 0. The van der Waals surface area contributed by atoms with E-state index in [4.69, 9.17) is 11.1 Å². The topological polar surface area (TPSA) is 190 Å². The molecule has 1 aromatic heterocycles. The highest BCUT2D eigenvalue weighted by Gasteiger charge is 2.37. The second-order valence-corrected chi connectivity index (χ2v) is 10.6. The van der Waals surface area contributed by atoms with Gasteiger partial charge in [0.2, 0.25) is 17.7 Å². The van der Waals surface area contributed by atoms with Crippen LogP contribution in [0.1, 0.15) is 49.0 Å². The van der Waals surface area contributed by atoms with Gasteiger partial charge >= 0.3 is 0 Å². The Kier molecular flexibility index (Phi) is 13.7. The van der Waals surface area contributed by atoms with Crippen molar-refractivity contribution in [1.82, 2.24) is 40.6 Å². The van der Waals surface area contributed by atoms with E-state index in [0.717, 1.165) is 32.2 Å². The Morgan fingerprint density at radius 2 is 1.88 bits per heavy atom. The number of hydrogen-bond donors (Lipinski definition) is 5. The molecule has 1 aliphatic carbocycles. The minimum Gasteiger partial charge on any atom is -0.370 e. The number of guanidine groups is 1. The summed E-state index contributed by atoms with van der Waals surface area (Å²) in [5.41, 5.74) is 5.80. The summed E-state index contributed by atoms with van der Waals surface area (Å²) in [5, 5.41) is 16.1. The molecule has 2 fully saturated rings. The summed E-state index contributed by atoms with van der Waals surface area (Å²) in [5.74, 6) is -1.21. The van der Waals surface area contributed by atoms with Crippen LogP contribution in [0.15, 0.2) is 18.6 Å². The third kappa shape index (κ3) is 11.5. The molecule has 0 radical (unpaired) electrons. The van der Waals surface area contributed by atoms with Crippen LogP contribution in [0.5, 0.6) is 0 Å². The second kappa shape index (κ2) is 16.7. The van der Waals surface area contributed by atoms with E-state index in [0.29, 0.717) is 19.6 Å². The normalized spacial score (nSPS) is 17.1. The van der Waals surface area contributed by atoms with E-state index in [2.05, 4.69) is 25.9 Å². The third-order valence-corrected chi connectivity index (χ3v) is 6.96. The van der Waals surface area contributed by atoms with Gasteiger partial charge in [-0.1, -0.05) is 0 Å². The Balaban J connectivity index is 0.00000588. The van der Waals surface area contributed by atoms with Crippen LogP contribution in [-0.4, -0.2) is 120 Å². The van der Waals surface area contributed by atoms with Crippen molar-refractivity contribution in [3.8, 4) is 0 Å². The van der Waals surface area contributed by atoms with Crippen LogP contribution in [0.4, 0.5) is 0 Å². The molecular formula is C26H43ClN10O4. The maximum Gasteiger partial charge on any atom is 0.271 e. The first kappa shape index (κ1) is 33.7. The molecule has 15 heteroatoms. The average Bonchev–Trinajstić information content (AvgIpc) is 3.78. The van der Waals surface area contributed by atoms with Crippen molar-refractivity contribution in [1.29, 1.82) is 5.41 Å². The number of nitrogens with zero attached hydrogens (tertiary/aromatic N) is 5. The van der Waals surface area contributed by atoms with Gasteiger partial charge in [0.05, 0.1) is 12.6 Å². The number of hydrogen-bond acceptors (Lipinski definition) is 8. The van der Waals surface area contributed by atoms with Gasteiger partial charge in [0.15, 0.2) is 5.96 Å². The Morgan fingerprint density at radius 1 is 1.12 bits per heavy atom. The van der Waals surface area contributed by atoms with E-state index >= 15 is 0 Å². The molecule has 1 aromatic rings. The van der Waals surface area contributed by atoms with Crippen LogP contribution in [0.3, 0.4) is 0 Å². The molecule has 1 saturated carbocycles. The van der Waals surface area contributed by atoms with Gasteiger partial charge in [-0.25, -0.2) is 4.98 Å². The lowest BCUT2D eigenvalue weighted by molar-refractivity contribution is -0.139. The number of likely N-dealkylation sites (tertiary alicyclic amines) is 1. The van der Waals surface area contributed by atoms with E-state index < -0.39 is 11.9 Å². The maximum absolute atomic E-state index is 13.6. The van der Waals surface area contributed by atoms with Crippen molar-refractivity contribution in [2.75, 3.05) is 53.4 Å². The highest BCUT2D eigenvalue weighted by atomic mass is 35.5. The summed E-state index contributed by atoms with van der Waals surface area (Å²) < 4.78 is 0. The Labute approximate surface area is 247 Å². The molecular weight excluding hydrogens is 552 g/mol. The molecule has 0 unspecified atom stereocenters. The van der Waals surface area contributed by atoms with Crippen molar-refractivity contribution in [3.05, 3.63) is 24.3 Å². The predicted molar refractivity (Wildman–Crippen MR) is 155 cm³/mol. The Hall–Kier alpha value is -3.52. The largest absolute Gasteiger partial charge is 0.370 e. The highest BCUT2D eigenvalue weighted by molar-refractivity contribution is 5.93. The minimum absolute atomic E-state index is 0. The van der Waals surface area contributed by atoms with Gasteiger partial charge in [0.25, 0.3) is 5.91 Å². The molecule has 228 valence electrons. The summed E-state index contributed by atoms with van der Waals surface area (Å²) in [4.78, 5) is 64.8. The van der Waals surface area contributed by atoms with E-state index in [-0.39, 0.29) is 79.7 Å². The number of nitrogens with one attached hydrogen (secondary N) is 4. The zero-order valence-corrected chi connectivity index (χ0v) is 24.6. The van der Waals surface area contributed by atoms with Crippen LogP contribution in [0.2, 0.25) is 0 Å². The Morgan fingerprint density at radius 3 is 2.51 bits per heavy atom. The number of amides is 4. The molecule has 0 bridgehead atoms. The lowest BCUT2D eigenvalue weighted by atomic mass is 9.98. The molecule has 41 heavy (non-hydrogen) atoms. The second-order valence-electron chi connectivity index (χ2n) is 10.6. The van der Waals surface area contributed by atoms with Crippen LogP contribution < -0.4 is 21.7 Å². The first-order chi connectivity index (χ1) is 19.1. The molecule has 2 aliphatic rings. The molecule has 1 aliphatic heterocycles. The quantitative estimate of drug-likeness (QED) is 0.135. The first-order valence-corrected chi connectivity index (χ1v) is 13.8. The Bertz CT molecular complexity index is 1040. The van der Waals surface area contributed by atoms with Crippen LogP contribution >= 0.6 is 12.4 Å². The van der Waals surface area contributed by atoms with Crippen LogP contribution in [0.25, 0.3) is 0 Å². The van der Waals surface area contributed by atoms with Crippen molar-refractivity contribution in [2.45, 2.75) is 50.6 Å². The van der Waals surface area contributed by atoms with Crippen molar-refractivity contribution >= 4 is 42.0 Å². The SMILES string of the molecule is CN(C)CCC(=O)N[C@@H](CC(=O)NC[C@@H]1CCCN(C(=N)N)C1)C(=O)N(CCNC(=O)c1cnccn1)C1CC1.Cl. The molecule has 4 amide bonds.